The Morgan fingerprint density at radius 2 is 2.07 bits per heavy atom. The number of pyridine rings is 1. The van der Waals surface area contributed by atoms with Gasteiger partial charge in [-0.05, 0) is 20.8 Å². The zero-order valence-corrected chi connectivity index (χ0v) is 16.3. The molecular formula is C17H20ClF2N7O. The number of hydrogen-bond donors (Lipinski definition) is 3. The van der Waals surface area contributed by atoms with Gasteiger partial charge in [0.1, 0.15) is 29.0 Å². The van der Waals surface area contributed by atoms with Crippen LogP contribution < -0.4 is 20.7 Å². The Hall–Kier alpha value is -2.88. The topological polar surface area (TPSA) is 104 Å². The lowest BCUT2D eigenvalue weighted by molar-refractivity contribution is 0.232. The standard InChI is InChI=1S/C17H20ClF2N7O/c1-8(2)28-14-5-13(25-26-14)27-7-11(18)16(21)24-17(27)23-9(3)15-12(20)4-10(19)6-22-15/h4-6,8-9H,7,21H2,1-3H3,(H,23,24)(H,25,26)/t9-/m0/s1. The maximum absolute atomic E-state index is 14.0. The number of aromatic amines is 1. The van der Waals surface area contributed by atoms with Gasteiger partial charge < -0.3 is 15.8 Å². The van der Waals surface area contributed by atoms with Crippen LogP contribution in [0.3, 0.4) is 0 Å². The molecule has 11 heteroatoms. The maximum Gasteiger partial charge on any atom is 0.234 e. The number of hydrogen-bond acceptors (Lipinski definition) is 5. The van der Waals surface area contributed by atoms with Crippen molar-refractivity contribution in [1.29, 1.82) is 0 Å². The van der Waals surface area contributed by atoms with Crippen molar-refractivity contribution in [2.24, 2.45) is 10.7 Å². The molecule has 1 aliphatic heterocycles. The monoisotopic (exact) mass is 411 g/mol. The van der Waals surface area contributed by atoms with E-state index in [1.54, 1.807) is 17.9 Å². The summed E-state index contributed by atoms with van der Waals surface area (Å²) in [4.78, 5) is 9.93. The van der Waals surface area contributed by atoms with E-state index in [-0.39, 0.29) is 24.2 Å². The normalized spacial score (nSPS) is 17.2. The van der Waals surface area contributed by atoms with E-state index in [1.165, 1.54) is 0 Å². The van der Waals surface area contributed by atoms with Gasteiger partial charge in [-0.1, -0.05) is 11.6 Å². The first kappa shape index (κ1) is 19.9. The Kier molecular flexibility index (Phi) is 5.68. The van der Waals surface area contributed by atoms with E-state index in [0.717, 1.165) is 12.3 Å². The lowest BCUT2D eigenvalue weighted by atomic mass is 10.2. The van der Waals surface area contributed by atoms with E-state index in [9.17, 15) is 8.78 Å². The number of nitrogens with one attached hydrogen (secondary N) is 2. The van der Waals surface area contributed by atoms with Gasteiger partial charge in [0.05, 0.1) is 29.9 Å². The molecule has 0 spiro atoms. The van der Waals surface area contributed by atoms with Crippen LogP contribution in [-0.4, -0.2) is 33.8 Å². The first-order chi connectivity index (χ1) is 13.2. The van der Waals surface area contributed by atoms with Crippen LogP contribution in [0.5, 0.6) is 5.88 Å². The molecule has 0 saturated heterocycles. The highest BCUT2D eigenvalue weighted by atomic mass is 35.5. The van der Waals surface area contributed by atoms with Crippen LogP contribution in [0.4, 0.5) is 14.6 Å². The Morgan fingerprint density at radius 1 is 1.32 bits per heavy atom. The van der Waals surface area contributed by atoms with Gasteiger partial charge in [-0.3, -0.25) is 15.0 Å². The number of rotatable bonds is 5. The second kappa shape index (κ2) is 8.01. The number of ether oxygens (including phenoxy) is 1. The van der Waals surface area contributed by atoms with Crippen LogP contribution in [-0.2, 0) is 0 Å². The number of nitrogens with zero attached hydrogens (tertiary/aromatic N) is 4. The smallest absolute Gasteiger partial charge is 0.234 e. The summed E-state index contributed by atoms with van der Waals surface area (Å²) in [7, 11) is 0. The molecule has 3 rings (SSSR count). The van der Waals surface area contributed by atoms with Gasteiger partial charge in [-0.25, -0.2) is 13.8 Å². The van der Waals surface area contributed by atoms with E-state index >= 15 is 0 Å². The molecule has 3 heterocycles. The van der Waals surface area contributed by atoms with Crippen molar-refractivity contribution in [2.45, 2.75) is 32.9 Å². The summed E-state index contributed by atoms with van der Waals surface area (Å²) in [5.41, 5.74) is 5.89. The largest absolute Gasteiger partial charge is 0.474 e. The Morgan fingerprint density at radius 3 is 2.75 bits per heavy atom. The molecule has 0 aromatic carbocycles. The summed E-state index contributed by atoms with van der Waals surface area (Å²) in [5, 5.41) is 10.2. The van der Waals surface area contributed by atoms with Crippen molar-refractivity contribution in [3.05, 3.63) is 46.5 Å². The van der Waals surface area contributed by atoms with E-state index < -0.39 is 17.7 Å². The highest BCUT2D eigenvalue weighted by Gasteiger charge is 2.26. The van der Waals surface area contributed by atoms with Crippen LogP contribution in [0.2, 0.25) is 0 Å². The molecule has 0 fully saturated rings. The molecule has 2 aromatic heterocycles. The average molecular weight is 412 g/mol. The number of H-pyrrole nitrogens is 1. The van der Waals surface area contributed by atoms with E-state index in [2.05, 4.69) is 25.5 Å². The number of halogens is 3. The van der Waals surface area contributed by atoms with Crippen molar-refractivity contribution in [3.8, 4) is 5.88 Å². The van der Waals surface area contributed by atoms with E-state index in [1.807, 2.05) is 13.8 Å². The third-order valence-electron chi connectivity index (χ3n) is 3.83. The third-order valence-corrected chi connectivity index (χ3v) is 4.15. The first-order valence-electron chi connectivity index (χ1n) is 8.54. The quantitative estimate of drug-likeness (QED) is 0.698. The second-order valence-corrected chi connectivity index (χ2v) is 6.89. The summed E-state index contributed by atoms with van der Waals surface area (Å²) in [5.74, 6) is -0.0497. The molecule has 0 aliphatic carbocycles. The molecule has 0 radical (unpaired) electrons. The van der Waals surface area contributed by atoms with Crippen molar-refractivity contribution in [3.63, 3.8) is 0 Å². The lowest BCUT2D eigenvalue weighted by Crippen LogP contribution is -2.48. The predicted molar refractivity (Wildman–Crippen MR) is 102 cm³/mol. The van der Waals surface area contributed by atoms with Crippen LogP contribution in [0.1, 0.15) is 32.5 Å². The third kappa shape index (κ3) is 4.33. The molecule has 2 aromatic rings. The molecule has 0 bridgehead atoms. The molecule has 28 heavy (non-hydrogen) atoms. The first-order valence-corrected chi connectivity index (χ1v) is 8.92. The summed E-state index contributed by atoms with van der Waals surface area (Å²) >= 11 is 6.18. The molecule has 0 unspecified atom stereocenters. The summed E-state index contributed by atoms with van der Waals surface area (Å²) in [6, 6.07) is 1.73. The highest BCUT2D eigenvalue weighted by molar-refractivity contribution is 6.31. The van der Waals surface area contributed by atoms with Gasteiger partial charge in [0.25, 0.3) is 0 Å². The number of nitrogens with two attached hydrogens (primary N) is 1. The van der Waals surface area contributed by atoms with Crippen LogP contribution >= 0.6 is 11.6 Å². The van der Waals surface area contributed by atoms with Crippen molar-refractivity contribution in [2.75, 3.05) is 11.4 Å². The molecule has 0 saturated carbocycles. The minimum absolute atomic E-state index is 0.00307. The van der Waals surface area contributed by atoms with Gasteiger partial charge in [-0.15, -0.1) is 5.10 Å². The zero-order chi connectivity index (χ0) is 20.4. The number of guanidine groups is 1. The predicted octanol–water partition coefficient (Wildman–Crippen LogP) is 2.76. The van der Waals surface area contributed by atoms with Gasteiger partial charge >= 0.3 is 0 Å². The number of anilines is 1. The second-order valence-electron chi connectivity index (χ2n) is 6.44. The fourth-order valence-corrected chi connectivity index (χ4v) is 2.73. The van der Waals surface area contributed by atoms with Gasteiger partial charge in [0.15, 0.2) is 0 Å². The Labute approximate surface area is 165 Å². The molecule has 1 atom stereocenters. The van der Waals surface area contributed by atoms with Gasteiger partial charge in [0, 0.05) is 12.1 Å². The molecule has 1 aliphatic rings. The molecule has 8 nitrogen and oxygen atoms in total. The lowest BCUT2D eigenvalue weighted by Gasteiger charge is -2.30. The summed E-state index contributed by atoms with van der Waals surface area (Å²) in [6.07, 6.45) is 0.895. The van der Waals surface area contributed by atoms with Crippen molar-refractivity contribution >= 4 is 23.4 Å². The van der Waals surface area contributed by atoms with Crippen LogP contribution in [0, 0.1) is 11.6 Å². The molecule has 150 valence electrons. The van der Waals surface area contributed by atoms with Gasteiger partial charge in [0.2, 0.25) is 11.8 Å². The fourth-order valence-electron chi connectivity index (χ4n) is 2.57. The fraction of sp³-hybridized carbons (Fsp3) is 0.353. The van der Waals surface area contributed by atoms with E-state index in [4.69, 9.17) is 22.1 Å². The van der Waals surface area contributed by atoms with Gasteiger partial charge in [-0.2, -0.15) is 0 Å². The minimum atomic E-state index is -0.782. The van der Waals surface area contributed by atoms with Crippen LogP contribution in [0.25, 0.3) is 0 Å². The molecular weight excluding hydrogens is 392 g/mol. The van der Waals surface area contributed by atoms with Crippen molar-refractivity contribution < 1.29 is 13.5 Å². The zero-order valence-electron chi connectivity index (χ0n) is 15.5. The molecule has 0 amide bonds. The van der Waals surface area contributed by atoms with E-state index in [0.29, 0.717) is 22.7 Å². The van der Waals surface area contributed by atoms with Crippen molar-refractivity contribution in [1.82, 2.24) is 20.5 Å². The summed E-state index contributed by atoms with van der Waals surface area (Å²) < 4.78 is 32.7. The average Bonchev–Trinajstić information content (AvgIpc) is 3.05. The SMILES string of the molecule is CC(C)Oc1cc(N2CC(Cl)=C(N)NC2=N[C@@H](C)c2ncc(F)cc2F)[nH]n1. The maximum atomic E-state index is 14.0. The van der Waals surface area contributed by atoms with Crippen LogP contribution in [0.15, 0.2) is 34.2 Å². The highest BCUT2D eigenvalue weighted by Crippen LogP contribution is 2.25. The molecule has 4 N–H and O–H groups in total. The Bertz CT molecular complexity index is 928. The summed E-state index contributed by atoms with van der Waals surface area (Å²) in [6.45, 7) is 5.62. The Balaban J connectivity index is 1.93. The minimum Gasteiger partial charge on any atom is -0.474 e. The number of aliphatic imine (C=N–C) groups is 1. The number of aromatic nitrogens is 3.